The molecule has 0 saturated heterocycles. The molecule has 1 atom stereocenters. The normalized spacial score (nSPS) is 18.8. The summed E-state index contributed by atoms with van der Waals surface area (Å²) in [5, 5.41) is 10.5. The van der Waals surface area contributed by atoms with Crippen LogP contribution >= 0.6 is 15.9 Å². The molecule has 0 amide bonds. The number of hydrogen-bond acceptors (Lipinski definition) is 4. The Morgan fingerprint density at radius 3 is 2.94 bits per heavy atom. The number of rotatable bonds is 2. The molecule has 0 fully saturated rings. The highest BCUT2D eigenvalue weighted by Gasteiger charge is 2.22. The van der Waals surface area contributed by atoms with E-state index in [2.05, 4.69) is 41.4 Å². The maximum atomic E-state index is 4.23. The molecule has 5 nitrogen and oxygen atoms in total. The number of fused-ring (bicyclic) bond motifs is 1. The summed E-state index contributed by atoms with van der Waals surface area (Å²) in [6.07, 6.45) is 8.74. The van der Waals surface area contributed by atoms with Gasteiger partial charge in [-0.15, -0.1) is 0 Å². The molecule has 2 N–H and O–H groups in total. The highest BCUT2D eigenvalue weighted by Crippen LogP contribution is 2.29. The van der Waals surface area contributed by atoms with E-state index in [1.807, 2.05) is 6.20 Å². The zero-order valence-electron chi connectivity index (χ0n) is 9.15. The Labute approximate surface area is 107 Å². The van der Waals surface area contributed by atoms with Crippen molar-refractivity contribution in [2.45, 2.75) is 25.3 Å². The van der Waals surface area contributed by atoms with Gasteiger partial charge in [0.05, 0.1) is 22.4 Å². The number of aryl methyl sites for hydroxylation is 1. The van der Waals surface area contributed by atoms with Crippen LogP contribution in [0.2, 0.25) is 0 Å². The summed E-state index contributed by atoms with van der Waals surface area (Å²) >= 11 is 3.32. The van der Waals surface area contributed by atoms with Crippen molar-refractivity contribution < 1.29 is 0 Å². The number of aromatic amines is 1. The van der Waals surface area contributed by atoms with E-state index >= 15 is 0 Å². The largest absolute Gasteiger partial charge is 0.346 e. The number of hydrogen-bond donors (Lipinski definition) is 2. The van der Waals surface area contributed by atoms with Crippen LogP contribution in [0.25, 0.3) is 0 Å². The molecule has 88 valence electrons. The van der Waals surface area contributed by atoms with Gasteiger partial charge >= 0.3 is 0 Å². The third-order valence-electron chi connectivity index (χ3n) is 2.96. The second-order valence-corrected chi connectivity index (χ2v) is 5.04. The number of anilines is 1. The van der Waals surface area contributed by atoms with Gasteiger partial charge in [-0.05, 0) is 40.8 Å². The average molecular weight is 294 g/mol. The summed E-state index contributed by atoms with van der Waals surface area (Å²) in [5.74, 6) is 0.653. The van der Waals surface area contributed by atoms with Gasteiger partial charge in [-0.3, -0.25) is 5.10 Å². The summed E-state index contributed by atoms with van der Waals surface area (Å²) in [6.45, 7) is 0. The quantitative estimate of drug-likeness (QED) is 0.893. The molecular formula is C11H12BrN5. The first-order chi connectivity index (χ1) is 8.33. The first-order valence-electron chi connectivity index (χ1n) is 5.59. The SMILES string of the molecule is Brc1cnc(NC2CCCc3cn[nH]c32)nc1. The fourth-order valence-corrected chi connectivity index (χ4v) is 2.35. The van der Waals surface area contributed by atoms with Crippen LogP contribution in [0.15, 0.2) is 23.1 Å². The molecule has 1 unspecified atom stereocenters. The van der Waals surface area contributed by atoms with Crippen molar-refractivity contribution in [3.05, 3.63) is 34.3 Å². The van der Waals surface area contributed by atoms with E-state index < -0.39 is 0 Å². The molecule has 17 heavy (non-hydrogen) atoms. The van der Waals surface area contributed by atoms with Gasteiger partial charge in [0, 0.05) is 12.4 Å². The summed E-state index contributed by atoms with van der Waals surface area (Å²) in [5.41, 5.74) is 2.47. The summed E-state index contributed by atoms with van der Waals surface area (Å²) < 4.78 is 0.883. The number of halogens is 1. The highest BCUT2D eigenvalue weighted by atomic mass is 79.9. The molecular weight excluding hydrogens is 282 g/mol. The number of aromatic nitrogens is 4. The molecule has 1 aliphatic rings. The van der Waals surface area contributed by atoms with E-state index in [0.29, 0.717) is 5.95 Å². The fraction of sp³-hybridized carbons (Fsp3) is 0.364. The van der Waals surface area contributed by atoms with Crippen LogP contribution in [0, 0.1) is 0 Å². The Hall–Kier alpha value is -1.43. The van der Waals surface area contributed by atoms with Gasteiger partial charge < -0.3 is 5.32 Å². The third kappa shape index (κ3) is 2.17. The van der Waals surface area contributed by atoms with Crippen LogP contribution in [0.5, 0.6) is 0 Å². The average Bonchev–Trinajstić information content (AvgIpc) is 2.81. The van der Waals surface area contributed by atoms with Crippen molar-refractivity contribution in [2.75, 3.05) is 5.32 Å². The Morgan fingerprint density at radius 2 is 2.12 bits per heavy atom. The second-order valence-electron chi connectivity index (χ2n) is 4.12. The zero-order chi connectivity index (χ0) is 11.7. The van der Waals surface area contributed by atoms with Crippen LogP contribution in [-0.4, -0.2) is 20.2 Å². The van der Waals surface area contributed by atoms with E-state index in [4.69, 9.17) is 0 Å². The molecule has 1 aliphatic carbocycles. The van der Waals surface area contributed by atoms with Crippen molar-refractivity contribution in [2.24, 2.45) is 0 Å². The van der Waals surface area contributed by atoms with E-state index in [0.717, 1.165) is 17.3 Å². The minimum atomic E-state index is 0.238. The van der Waals surface area contributed by atoms with E-state index in [1.165, 1.54) is 17.7 Å². The monoisotopic (exact) mass is 293 g/mol. The zero-order valence-corrected chi connectivity index (χ0v) is 10.7. The van der Waals surface area contributed by atoms with Crippen molar-refractivity contribution in [1.82, 2.24) is 20.2 Å². The molecule has 0 aliphatic heterocycles. The predicted octanol–water partition coefficient (Wildman–Crippen LogP) is 2.45. The Balaban J connectivity index is 1.81. The summed E-state index contributed by atoms with van der Waals surface area (Å²) in [6, 6.07) is 0.238. The summed E-state index contributed by atoms with van der Waals surface area (Å²) in [7, 11) is 0. The maximum Gasteiger partial charge on any atom is 0.223 e. The lowest BCUT2D eigenvalue weighted by atomic mass is 9.94. The van der Waals surface area contributed by atoms with Gasteiger partial charge in [-0.25, -0.2) is 9.97 Å². The van der Waals surface area contributed by atoms with Crippen LogP contribution < -0.4 is 5.32 Å². The molecule has 0 radical (unpaired) electrons. The first kappa shape index (κ1) is 10.7. The van der Waals surface area contributed by atoms with Gasteiger partial charge in [-0.2, -0.15) is 5.10 Å². The molecule has 6 heteroatoms. The standard InChI is InChI=1S/C11H12BrN5/c12-8-5-13-11(14-6-8)16-9-3-1-2-7-4-15-17-10(7)9/h4-6,9H,1-3H2,(H,15,17)(H,13,14,16). The van der Waals surface area contributed by atoms with Crippen LogP contribution in [-0.2, 0) is 6.42 Å². The molecule has 2 aromatic rings. The number of nitrogens with one attached hydrogen (secondary N) is 2. The minimum Gasteiger partial charge on any atom is -0.346 e. The Bertz CT molecular complexity index is 507. The third-order valence-corrected chi connectivity index (χ3v) is 3.37. The Morgan fingerprint density at radius 1 is 1.29 bits per heavy atom. The van der Waals surface area contributed by atoms with Gasteiger partial charge in [0.25, 0.3) is 0 Å². The minimum absolute atomic E-state index is 0.238. The van der Waals surface area contributed by atoms with E-state index in [1.54, 1.807) is 12.4 Å². The van der Waals surface area contributed by atoms with Crippen molar-refractivity contribution in [3.8, 4) is 0 Å². The molecule has 0 saturated carbocycles. The second kappa shape index (κ2) is 4.44. The molecule has 0 bridgehead atoms. The van der Waals surface area contributed by atoms with Gasteiger partial charge in [0.2, 0.25) is 5.95 Å². The smallest absolute Gasteiger partial charge is 0.223 e. The van der Waals surface area contributed by atoms with E-state index in [9.17, 15) is 0 Å². The van der Waals surface area contributed by atoms with Gasteiger partial charge in [0.15, 0.2) is 0 Å². The molecule has 3 rings (SSSR count). The molecule has 2 aromatic heterocycles. The number of H-pyrrole nitrogens is 1. The van der Waals surface area contributed by atoms with Gasteiger partial charge in [0.1, 0.15) is 0 Å². The number of nitrogens with zero attached hydrogens (tertiary/aromatic N) is 3. The summed E-state index contributed by atoms with van der Waals surface area (Å²) in [4.78, 5) is 8.45. The molecule has 2 heterocycles. The maximum absolute atomic E-state index is 4.23. The van der Waals surface area contributed by atoms with Crippen LogP contribution in [0.4, 0.5) is 5.95 Å². The molecule has 0 aromatic carbocycles. The van der Waals surface area contributed by atoms with Crippen LogP contribution in [0.3, 0.4) is 0 Å². The highest BCUT2D eigenvalue weighted by molar-refractivity contribution is 9.10. The van der Waals surface area contributed by atoms with Crippen molar-refractivity contribution >= 4 is 21.9 Å². The van der Waals surface area contributed by atoms with Crippen molar-refractivity contribution in [1.29, 1.82) is 0 Å². The Kier molecular flexibility index (Phi) is 2.80. The van der Waals surface area contributed by atoms with Crippen molar-refractivity contribution in [3.63, 3.8) is 0 Å². The fourth-order valence-electron chi connectivity index (χ4n) is 2.15. The lowest BCUT2D eigenvalue weighted by Crippen LogP contribution is -2.18. The van der Waals surface area contributed by atoms with Crippen LogP contribution in [0.1, 0.15) is 30.1 Å². The molecule has 0 spiro atoms. The topological polar surface area (TPSA) is 66.5 Å². The predicted molar refractivity (Wildman–Crippen MR) is 67.6 cm³/mol. The van der Waals surface area contributed by atoms with Gasteiger partial charge in [-0.1, -0.05) is 0 Å². The first-order valence-corrected chi connectivity index (χ1v) is 6.38. The lowest BCUT2D eigenvalue weighted by molar-refractivity contribution is 0.584. The van der Waals surface area contributed by atoms with E-state index in [-0.39, 0.29) is 6.04 Å². The lowest BCUT2D eigenvalue weighted by Gasteiger charge is -2.22.